The molecule has 0 spiro atoms. The van der Waals surface area contributed by atoms with Gasteiger partial charge in [-0.3, -0.25) is 0 Å². The molecule has 11 aromatic rings. The normalized spacial score (nSPS) is 13.3. The number of thiophene rings is 1. The Bertz CT molecular complexity index is 3380. The van der Waals surface area contributed by atoms with Gasteiger partial charge in [0.1, 0.15) is 11.2 Å². The summed E-state index contributed by atoms with van der Waals surface area (Å²) in [6.07, 6.45) is 0. The number of rotatable bonds is 4. The van der Waals surface area contributed by atoms with Gasteiger partial charge in [0, 0.05) is 64.1 Å². The summed E-state index contributed by atoms with van der Waals surface area (Å²) in [5, 5.41) is 6.48. The molecule has 0 amide bonds. The molecule has 5 nitrogen and oxygen atoms in total. The lowest BCUT2D eigenvalue weighted by Gasteiger charge is -2.09. The van der Waals surface area contributed by atoms with Crippen LogP contribution in [0.5, 0.6) is 0 Å². The van der Waals surface area contributed by atoms with Gasteiger partial charge in [0.15, 0.2) is 17.5 Å². The Balaban J connectivity index is 1.09. The van der Waals surface area contributed by atoms with Crippen LogP contribution in [0, 0.1) is 0 Å². The zero-order chi connectivity index (χ0) is 37.8. The maximum Gasteiger partial charge on any atom is 0.164 e. The molecule has 6 heteroatoms. The van der Waals surface area contributed by atoms with E-state index in [2.05, 4.69) is 83.4 Å². The third-order valence-corrected chi connectivity index (χ3v) is 10.7. The van der Waals surface area contributed by atoms with Gasteiger partial charge in [-0.1, -0.05) is 96.9 Å². The highest BCUT2D eigenvalue weighted by Gasteiger charge is 2.17. The van der Waals surface area contributed by atoms with Crippen molar-refractivity contribution in [3.05, 3.63) is 158 Å². The van der Waals surface area contributed by atoms with E-state index in [0.29, 0.717) is 22.5 Å². The summed E-state index contributed by atoms with van der Waals surface area (Å²) >= 11 is 1.71. The van der Waals surface area contributed by atoms with E-state index in [1.807, 2.05) is 48.5 Å². The quantitative estimate of drug-likeness (QED) is 0.186. The van der Waals surface area contributed by atoms with Crippen molar-refractivity contribution in [1.29, 1.82) is 0 Å². The summed E-state index contributed by atoms with van der Waals surface area (Å²) < 4.78 is 53.1. The van der Waals surface area contributed by atoms with Gasteiger partial charge in [0.25, 0.3) is 0 Å². The second-order valence-corrected chi connectivity index (χ2v) is 13.6. The first-order valence-electron chi connectivity index (χ1n) is 19.0. The fraction of sp³-hybridized carbons (Fsp3) is 0. The maximum absolute atomic E-state index is 8.74. The highest BCUT2D eigenvalue weighted by molar-refractivity contribution is 7.25. The van der Waals surface area contributed by atoms with E-state index >= 15 is 0 Å². The predicted octanol–water partition coefficient (Wildman–Crippen LogP) is 12.2. The lowest BCUT2D eigenvalue weighted by atomic mass is 10.1. The van der Waals surface area contributed by atoms with Crippen LogP contribution in [-0.2, 0) is 0 Å². The molecule has 0 aliphatic rings. The molecule has 11 rings (SSSR count). The Morgan fingerprint density at radius 3 is 1.84 bits per heavy atom. The number of para-hydroxylation sites is 3. The molecule has 0 radical (unpaired) electrons. The molecular weight excluding hydrogens is 645 g/mol. The summed E-state index contributed by atoms with van der Waals surface area (Å²) in [5.74, 6) is 0.577. The molecule has 51 heavy (non-hydrogen) atoms. The van der Waals surface area contributed by atoms with Crippen LogP contribution < -0.4 is 0 Å². The number of benzene rings is 7. The van der Waals surface area contributed by atoms with E-state index in [0.717, 1.165) is 53.2 Å². The topological polar surface area (TPSA) is 56.7 Å². The number of aromatic nitrogens is 4. The summed E-state index contributed by atoms with van der Waals surface area (Å²) in [6, 6.07) is 41.0. The first-order valence-corrected chi connectivity index (χ1v) is 17.3. The molecule has 0 aliphatic heterocycles. The molecule has 4 aromatic heterocycles. The Morgan fingerprint density at radius 1 is 0.471 bits per heavy atom. The van der Waals surface area contributed by atoms with Crippen LogP contribution in [0.2, 0.25) is 0 Å². The minimum atomic E-state index is -0.482. The van der Waals surface area contributed by atoms with E-state index in [4.69, 9.17) is 26.2 Å². The van der Waals surface area contributed by atoms with Crippen molar-refractivity contribution < 1.29 is 11.3 Å². The van der Waals surface area contributed by atoms with Gasteiger partial charge in [-0.2, -0.15) is 0 Å². The van der Waals surface area contributed by atoms with Crippen molar-refractivity contribution in [2.45, 2.75) is 0 Å². The van der Waals surface area contributed by atoms with Crippen LogP contribution in [0.1, 0.15) is 6.85 Å². The lowest BCUT2D eigenvalue weighted by molar-refractivity contribution is 0.669. The zero-order valence-electron chi connectivity index (χ0n) is 31.7. The maximum atomic E-state index is 8.74. The molecule has 4 heterocycles. The Morgan fingerprint density at radius 2 is 1.08 bits per heavy atom. The van der Waals surface area contributed by atoms with Gasteiger partial charge in [-0.15, -0.1) is 11.3 Å². The fourth-order valence-electron chi connectivity index (χ4n) is 7.22. The van der Waals surface area contributed by atoms with Crippen LogP contribution in [0.4, 0.5) is 0 Å². The van der Waals surface area contributed by atoms with Gasteiger partial charge < -0.3 is 8.98 Å². The molecule has 0 atom stereocenters. The molecule has 0 aliphatic carbocycles. The van der Waals surface area contributed by atoms with Crippen molar-refractivity contribution in [3.63, 3.8) is 0 Å². The molecule has 238 valence electrons. The van der Waals surface area contributed by atoms with Crippen molar-refractivity contribution in [2.75, 3.05) is 0 Å². The molecule has 0 saturated heterocycles. The zero-order valence-corrected chi connectivity index (χ0v) is 27.5. The van der Waals surface area contributed by atoms with Gasteiger partial charge in [-0.05, 0) is 60.7 Å². The smallest absolute Gasteiger partial charge is 0.164 e. The predicted molar refractivity (Wildman–Crippen MR) is 211 cm³/mol. The van der Waals surface area contributed by atoms with E-state index in [-0.39, 0.29) is 29.3 Å². The highest BCUT2D eigenvalue weighted by Crippen LogP contribution is 2.40. The third kappa shape index (κ3) is 4.43. The van der Waals surface area contributed by atoms with E-state index in [1.54, 1.807) is 11.3 Å². The average molecular weight is 676 g/mol. The molecule has 0 unspecified atom stereocenters. The average Bonchev–Trinajstić information content (AvgIpc) is 3.90. The highest BCUT2D eigenvalue weighted by atomic mass is 32.1. The largest absolute Gasteiger partial charge is 0.456 e. The van der Waals surface area contributed by atoms with Gasteiger partial charge in [-0.25, -0.2) is 15.0 Å². The number of nitrogens with zero attached hydrogens (tertiary/aromatic N) is 4. The van der Waals surface area contributed by atoms with Crippen LogP contribution in [0.3, 0.4) is 0 Å². The summed E-state index contributed by atoms with van der Waals surface area (Å²) in [6.45, 7) is 0. The molecule has 0 N–H and O–H groups in total. The van der Waals surface area contributed by atoms with Crippen molar-refractivity contribution in [3.8, 4) is 39.9 Å². The van der Waals surface area contributed by atoms with Crippen LogP contribution in [0.15, 0.2) is 162 Å². The van der Waals surface area contributed by atoms with E-state index < -0.39 is 18.1 Å². The Kier molecular flexibility index (Phi) is 5.08. The van der Waals surface area contributed by atoms with Crippen LogP contribution in [0.25, 0.3) is 104 Å². The lowest BCUT2D eigenvalue weighted by Crippen LogP contribution is -2.00. The van der Waals surface area contributed by atoms with Crippen molar-refractivity contribution in [2.24, 2.45) is 0 Å². The Labute approximate surface area is 302 Å². The second-order valence-electron chi connectivity index (χ2n) is 12.5. The minimum Gasteiger partial charge on any atom is -0.456 e. The number of hydrogen-bond acceptors (Lipinski definition) is 5. The summed E-state index contributed by atoms with van der Waals surface area (Å²) in [7, 11) is 0. The fourth-order valence-corrected chi connectivity index (χ4v) is 8.34. The van der Waals surface area contributed by atoms with Crippen molar-refractivity contribution >= 4 is 75.3 Å². The number of hydrogen-bond donors (Lipinski definition) is 0. The van der Waals surface area contributed by atoms with Gasteiger partial charge in [0.05, 0.1) is 17.9 Å². The molecule has 0 fully saturated rings. The van der Waals surface area contributed by atoms with E-state index in [1.165, 1.54) is 10.8 Å². The summed E-state index contributed by atoms with van der Waals surface area (Å²) in [5.41, 5.74) is 6.03. The molecule has 0 bridgehead atoms. The second kappa shape index (κ2) is 10.9. The van der Waals surface area contributed by atoms with Crippen molar-refractivity contribution in [1.82, 2.24) is 19.5 Å². The molecular formula is C45H26N4OS. The summed E-state index contributed by atoms with van der Waals surface area (Å²) in [4.78, 5) is 14.5. The first kappa shape index (κ1) is 23.7. The first-order chi connectivity index (χ1) is 27.3. The Hall–Kier alpha value is -6.63. The van der Waals surface area contributed by atoms with Crippen LogP contribution >= 0.6 is 11.3 Å². The van der Waals surface area contributed by atoms with E-state index in [9.17, 15) is 0 Å². The molecule has 0 saturated carbocycles. The standard InChI is InChI=1S/C45H26N4OS/c1-2-10-27(11-3-1)43-46-44(48-45(47-43)29-18-21-34-33-14-6-9-17-39(33)50-40(34)25-29)28-19-23-41-36(24-28)35-22-20-30(26-42(35)51-41)49-37-15-7-4-12-31(37)32-13-5-8-16-38(32)49/h1-26H/i1D,2D,3D,10D,11D. The van der Waals surface area contributed by atoms with Crippen LogP contribution in [-0.4, -0.2) is 19.5 Å². The number of fused-ring (bicyclic) bond motifs is 9. The van der Waals surface area contributed by atoms with Gasteiger partial charge in [0.2, 0.25) is 0 Å². The SMILES string of the molecule is [2H]c1c([2H])c([2H])c(-c2nc(-c3ccc4c(c3)oc3ccccc34)nc(-c3ccc4sc5cc(-n6c7ccccc7c7ccccc76)ccc5c4c3)n2)c([2H])c1[2H]. The minimum absolute atomic E-state index is 0.0159. The third-order valence-electron chi connectivity index (χ3n) is 9.55. The monoisotopic (exact) mass is 675 g/mol. The number of furan rings is 1. The van der Waals surface area contributed by atoms with Gasteiger partial charge >= 0.3 is 0 Å². The molecule has 7 aromatic carbocycles.